The first-order valence-electron chi connectivity index (χ1n) is 17.2. The number of rotatable bonds is 13. The molecule has 1 saturated heterocycles. The Morgan fingerprint density at radius 1 is 1.16 bits per heavy atom. The van der Waals surface area contributed by atoms with Gasteiger partial charge in [-0.1, -0.05) is 31.6 Å². The highest BCUT2D eigenvalue weighted by molar-refractivity contribution is 7.91. The van der Waals surface area contributed by atoms with E-state index < -0.39 is 80.3 Å². The van der Waals surface area contributed by atoms with Gasteiger partial charge in [0.2, 0.25) is 21.8 Å². The molecule has 1 unspecified atom stereocenters. The van der Waals surface area contributed by atoms with Crippen LogP contribution < -0.4 is 20.7 Å². The van der Waals surface area contributed by atoms with Gasteiger partial charge >= 0.3 is 12.2 Å². The maximum atomic E-state index is 14.4. The first-order valence-corrected chi connectivity index (χ1v) is 18.7. The van der Waals surface area contributed by atoms with Gasteiger partial charge in [0.25, 0.3) is 5.91 Å². The fourth-order valence-electron chi connectivity index (χ4n) is 6.58. The molecule has 5 rings (SSSR count). The van der Waals surface area contributed by atoms with Gasteiger partial charge in [0.15, 0.2) is 0 Å². The maximum Gasteiger partial charge on any atom is 0.410 e. The van der Waals surface area contributed by atoms with E-state index in [4.69, 9.17) is 9.47 Å². The van der Waals surface area contributed by atoms with Crippen LogP contribution in [0.3, 0.4) is 0 Å². The number of nitrogens with one attached hydrogen (secondary N) is 4. The van der Waals surface area contributed by atoms with Gasteiger partial charge in [-0.15, -0.1) is 6.58 Å². The van der Waals surface area contributed by atoms with Crippen molar-refractivity contribution >= 4 is 39.9 Å². The number of benzene rings is 1. The normalized spacial score (nSPS) is 24.6. The maximum absolute atomic E-state index is 14.4. The molecule has 0 radical (unpaired) electrons. The van der Waals surface area contributed by atoms with Crippen molar-refractivity contribution < 1.29 is 46.3 Å². The number of nitrogens with zero attached hydrogens (tertiary/aromatic N) is 2. The third-order valence-corrected chi connectivity index (χ3v) is 11.3. The number of amides is 5. The van der Waals surface area contributed by atoms with Crippen LogP contribution in [0.2, 0.25) is 0 Å². The molecule has 0 aromatic heterocycles. The van der Waals surface area contributed by atoms with Crippen molar-refractivity contribution in [2.45, 2.75) is 107 Å². The quantitative estimate of drug-likeness (QED) is 0.172. The van der Waals surface area contributed by atoms with Gasteiger partial charge < -0.3 is 30.3 Å². The zero-order valence-corrected chi connectivity index (χ0v) is 30.1. The average molecular weight is 735 g/mol. The van der Waals surface area contributed by atoms with Crippen molar-refractivity contribution in [1.82, 2.24) is 30.5 Å². The Balaban J connectivity index is 1.36. The number of ether oxygens (including phenoxy) is 2. The zero-order valence-electron chi connectivity index (χ0n) is 29.3. The second-order valence-electron chi connectivity index (χ2n) is 14.6. The summed E-state index contributed by atoms with van der Waals surface area (Å²) >= 11 is 0. The van der Waals surface area contributed by atoms with Crippen LogP contribution in [0.4, 0.5) is 14.0 Å². The number of alkyl carbamates (subject to hydrolysis) is 1. The largest absolute Gasteiger partial charge is 0.444 e. The van der Waals surface area contributed by atoms with E-state index in [1.165, 1.54) is 15.9 Å². The topological polar surface area (TPSA) is 193 Å². The van der Waals surface area contributed by atoms with E-state index in [2.05, 4.69) is 27.3 Å². The van der Waals surface area contributed by atoms with Gasteiger partial charge in [-0.25, -0.2) is 22.4 Å². The SMILES string of the molecule is C=CCNC[C@H](NC(=O)OC(C)(C)C)C(=O)N1C[C@H](OC(=O)N2Cc3cccc(F)c3C2)CC1C(=O)N[C@]1(C(=O)NS(=O)(=O)C2CC2)C[C@H]1CC. The summed E-state index contributed by atoms with van der Waals surface area (Å²) in [5.41, 5.74) is -1.37. The molecule has 2 aliphatic carbocycles. The third-order valence-electron chi connectivity index (χ3n) is 9.47. The molecular weight excluding hydrogens is 687 g/mol. The minimum atomic E-state index is -3.91. The highest BCUT2D eigenvalue weighted by Gasteiger charge is 2.62. The molecule has 280 valence electrons. The molecule has 1 aromatic rings. The Morgan fingerprint density at radius 3 is 2.49 bits per heavy atom. The van der Waals surface area contributed by atoms with Crippen molar-refractivity contribution in [1.29, 1.82) is 0 Å². The van der Waals surface area contributed by atoms with Crippen molar-refractivity contribution in [3.63, 3.8) is 0 Å². The summed E-state index contributed by atoms with van der Waals surface area (Å²) in [6, 6.07) is 2.07. The van der Waals surface area contributed by atoms with E-state index in [0.29, 0.717) is 36.9 Å². The number of hydrogen-bond donors (Lipinski definition) is 4. The Labute approximate surface area is 297 Å². The first-order chi connectivity index (χ1) is 24.0. The van der Waals surface area contributed by atoms with E-state index in [1.807, 2.05) is 6.92 Å². The molecule has 0 bridgehead atoms. The highest BCUT2D eigenvalue weighted by atomic mass is 32.2. The molecule has 1 aromatic carbocycles. The van der Waals surface area contributed by atoms with Crippen LogP contribution in [0.5, 0.6) is 0 Å². The minimum absolute atomic E-state index is 0.0171. The minimum Gasteiger partial charge on any atom is -0.444 e. The molecule has 2 aliphatic heterocycles. The molecule has 0 spiro atoms. The predicted molar refractivity (Wildman–Crippen MR) is 182 cm³/mol. The summed E-state index contributed by atoms with van der Waals surface area (Å²) in [4.78, 5) is 70.3. The van der Waals surface area contributed by atoms with Crippen molar-refractivity contribution in [3.8, 4) is 0 Å². The Morgan fingerprint density at radius 2 is 1.88 bits per heavy atom. The summed E-state index contributed by atoms with van der Waals surface area (Å²) < 4.78 is 52.9. The van der Waals surface area contributed by atoms with Crippen molar-refractivity contribution in [2.24, 2.45) is 5.92 Å². The molecule has 4 N–H and O–H groups in total. The van der Waals surface area contributed by atoms with Crippen molar-refractivity contribution in [2.75, 3.05) is 19.6 Å². The highest BCUT2D eigenvalue weighted by Crippen LogP contribution is 2.47. The second kappa shape index (κ2) is 14.8. The van der Waals surface area contributed by atoms with Crippen LogP contribution in [-0.2, 0) is 47.0 Å². The van der Waals surface area contributed by atoms with E-state index in [9.17, 15) is 36.8 Å². The molecule has 5 atom stereocenters. The summed E-state index contributed by atoms with van der Waals surface area (Å²) in [5.74, 6) is -3.07. The van der Waals surface area contributed by atoms with Crippen LogP contribution in [0.25, 0.3) is 0 Å². The summed E-state index contributed by atoms with van der Waals surface area (Å²) in [6.45, 7) is 10.5. The molecule has 15 nitrogen and oxygen atoms in total. The lowest BCUT2D eigenvalue weighted by atomic mass is 10.1. The molecule has 2 heterocycles. The van der Waals surface area contributed by atoms with Crippen LogP contribution >= 0.6 is 0 Å². The summed E-state index contributed by atoms with van der Waals surface area (Å²) in [7, 11) is -3.91. The lowest BCUT2D eigenvalue weighted by Crippen LogP contribution is -2.59. The number of carbonyl (C=O) groups excluding carboxylic acids is 5. The Bertz CT molecular complexity index is 1680. The molecule has 3 fully saturated rings. The van der Waals surface area contributed by atoms with Gasteiger partial charge in [0, 0.05) is 31.6 Å². The standard InChI is InChI=1S/C34H47FN6O9S/c1-6-13-36-16-26(37-31(45)50-33(3,4)5)29(43)41-18-22(49-32(46)40-17-20-9-8-10-25(35)24(20)19-40)14-27(41)28(42)38-34(15-21(34)7-2)30(44)39-51(47,48)23-11-12-23/h6,8-10,21-23,26-27,36H,1,7,11-19H2,2-5H3,(H,37,45)(H,38,42)(H,39,44)/t21-,22-,26+,27?,34-/m1/s1. The van der Waals surface area contributed by atoms with E-state index >= 15 is 0 Å². The lowest BCUT2D eigenvalue weighted by Gasteiger charge is -2.30. The summed E-state index contributed by atoms with van der Waals surface area (Å²) in [5, 5.41) is 7.63. The van der Waals surface area contributed by atoms with Gasteiger partial charge in [0.05, 0.1) is 18.3 Å². The number of fused-ring (bicyclic) bond motifs is 1. The molecule has 4 aliphatic rings. The molecule has 2 saturated carbocycles. The van der Waals surface area contributed by atoms with Crippen LogP contribution in [0.1, 0.15) is 70.9 Å². The van der Waals surface area contributed by atoms with E-state index in [0.717, 1.165) is 0 Å². The van der Waals surface area contributed by atoms with Crippen LogP contribution in [0, 0.1) is 11.7 Å². The van der Waals surface area contributed by atoms with Crippen LogP contribution in [0.15, 0.2) is 30.9 Å². The smallest absolute Gasteiger partial charge is 0.410 e. The Hall–Kier alpha value is -4.25. The molecule has 17 heteroatoms. The fraction of sp³-hybridized carbons (Fsp3) is 0.618. The molecule has 5 amide bonds. The van der Waals surface area contributed by atoms with E-state index in [-0.39, 0.29) is 44.9 Å². The van der Waals surface area contributed by atoms with E-state index in [1.54, 1.807) is 39.0 Å². The summed E-state index contributed by atoms with van der Waals surface area (Å²) in [6.07, 6.45) is 0.320. The lowest BCUT2D eigenvalue weighted by molar-refractivity contribution is -0.141. The van der Waals surface area contributed by atoms with Crippen LogP contribution in [-0.4, -0.2) is 102 Å². The number of sulfonamides is 1. The molecular formula is C34H47FN6O9S. The van der Waals surface area contributed by atoms with Gasteiger partial charge in [-0.2, -0.15) is 0 Å². The van der Waals surface area contributed by atoms with Gasteiger partial charge in [-0.05, 0) is 57.6 Å². The monoisotopic (exact) mass is 734 g/mol. The number of halogens is 1. The number of hydrogen-bond acceptors (Lipinski definition) is 10. The number of carbonyl (C=O) groups is 5. The fourth-order valence-corrected chi connectivity index (χ4v) is 7.94. The second-order valence-corrected chi connectivity index (χ2v) is 16.5. The van der Waals surface area contributed by atoms with Gasteiger partial charge in [-0.3, -0.25) is 24.0 Å². The number of likely N-dealkylation sites (tertiary alicyclic amines) is 1. The average Bonchev–Trinajstić information content (AvgIpc) is 3.94. The zero-order chi connectivity index (χ0) is 37.3. The van der Waals surface area contributed by atoms with Gasteiger partial charge in [0.1, 0.15) is 35.1 Å². The molecule has 51 heavy (non-hydrogen) atoms. The van der Waals surface area contributed by atoms with Crippen molar-refractivity contribution in [3.05, 3.63) is 47.8 Å². The predicted octanol–water partition coefficient (Wildman–Crippen LogP) is 1.81. The Kier molecular flexibility index (Phi) is 11.0. The third kappa shape index (κ3) is 8.80. The first kappa shape index (κ1) is 38.0.